The van der Waals surface area contributed by atoms with Gasteiger partial charge in [0.05, 0.1) is 0 Å². The molecule has 0 bridgehead atoms. The fourth-order valence-corrected chi connectivity index (χ4v) is 1.90. The molecule has 1 heterocycles. The maximum atomic E-state index is 11.1. The van der Waals surface area contributed by atoms with Crippen LogP contribution in [0.2, 0.25) is 25.7 Å². The first kappa shape index (κ1) is 11.5. The van der Waals surface area contributed by atoms with Gasteiger partial charge in [0, 0.05) is 27.3 Å². The molecule has 0 saturated carbocycles. The highest BCUT2D eigenvalue weighted by atomic mass is 28.3. The van der Waals surface area contributed by atoms with Gasteiger partial charge in [0.15, 0.2) is 0 Å². The lowest BCUT2D eigenvalue weighted by molar-refractivity contribution is -0.129. The van der Waals surface area contributed by atoms with Gasteiger partial charge in [-0.3, -0.25) is 4.79 Å². The van der Waals surface area contributed by atoms with Gasteiger partial charge in [-0.05, 0) is 6.04 Å². The van der Waals surface area contributed by atoms with E-state index in [0.29, 0.717) is 13.3 Å². The Morgan fingerprint density at radius 3 is 2.71 bits per heavy atom. The van der Waals surface area contributed by atoms with Gasteiger partial charge in [0.2, 0.25) is 5.91 Å². The Morgan fingerprint density at radius 1 is 1.50 bits per heavy atom. The van der Waals surface area contributed by atoms with Crippen LogP contribution in [0.5, 0.6) is 0 Å². The molecule has 1 rings (SSSR count). The summed E-state index contributed by atoms with van der Waals surface area (Å²) in [5, 5.41) is 0. The lowest BCUT2D eigenvalue weighted by atomic mass is 10.6. The highest BCUT2D eigenvalue weighted by Gasteiger charge is 2.15. The van der Waals surface area contributed by atoms with E-state index in [-0.39, 0.29) is 5.91 Å². The normalized spacial score (nSPS) is 16.8. The summed E-state index contributed by atoms with van der Waals surface area (Å²) in [7, 11) is -0.995. The highest BCUT2D eigenvalue weighted by molar-refractivity contribution is 6.76. The summed E-state index contributed by atoms with van der Waals surface area (Å²) in [5.41, 5.74) is 0. The minimum Gasteiger partial charge on any atom is -0.361 e. The minimum absolute atomic E-state index is 0.0676. The number of nitrogens with zero attached hydrogens (tertiary/aromatic N) is 1. The first-order valence-corrected chi connectivity index (χ1v) is 8.73. The van der Waals surface area contributed by atoms with Crippen LogP contribution in [0.1, 0.15) is 0 Å². The third kappa shape index (κ3) is 4.06. The third-order valence-corrected chi connectivity index (χ3v) is 3.85. The molecule has 14 heavy (non-hydrogen) atoms. The number of carbonyl (C=O) groups is 1. The largest absolute Gasteiger partial charge is 0.361 e. The topological polar surface area (TPSA) is 29.5 Å². The smallest absolute Gasteiger partial charge is 0.248 e. The number of hydrogen-bond acceptors (Lipinski definition) is 2. The second-order valence-electron chi connectivity index (χ2n) is 4.81. The standard InChI is InChI=1S/C10H19NO2Si/c1-14(2,3)8-7-13-9-11-6-4-5-10(11)12/h4-5H,6-9H2,1-3H3. The van der Waals surface area contributed by atoms with Crippen LogP contribution in [0.25, 0.3) is 0 Å². The summed E-state index contributed by atoms with van der Waals surface area (Å²) in [4.78, 5) is 12.8. The molecule has 0 aromatic carbocycles. The maximum Gasteiger partial charge on any atom is 0.248 e. The fraction of sp³-hybridized carbons (Fsp3) is 0.700. The van der Waals surface area contributed by atoms with Gasteiger partial charge in [-0.1, -0.05) is 25.7 Å². The van der Waals surface area contributed by atoms with Crippen LogP contribution in [-0.4, -0.2) is 38.8 Å². The Bertz CT molecular complexity index is 233. The second kappa shape index (κ2) is 4.75. The second-order valence-corrected chi connectivity index (χ2v) is 10.4. The van der Waals surface area contributed by atoms with E-state index < -0.39 is 8.07 Å². The summed E-state index contributed by atoms with van der Waals surface area (Å²) in [6.45, 7) is 8.87. The molecule has 0 N–H and O–H groups in total. The highest BCUT2D eigenvalue weighted by Crippen LogP contribution is 2.08. The van der Waals surface area contributed by atoms with Crippen LogP contribution in [0.4, 0.5) is 0 Å². The van der Waals surface area contributed by atoms with Gasteiger partial charge in [-0.25, -0.2) is 0 Å². The van der Waals surface area contributed by atoms with Gasteiger partial charge in [-0.15, -0.1) is 0 Å². The van der Waals surface area contributed by atoms with Gasteiger partial charge in [-0.2, -0.15) is 0 Å². The molecule has 0 atom stereocenters. The quantitative estimate of drug-likeness (QED) is 0.514. The van der Waals surface area contributed by atoms with E-state index in [9.17, 15) is 4.79 Å². The summed E-state index contributed by atoms with van der Waals surface area (Å²) in [6.07, 6.45) is 3.46. The zero-order valence-corrected chi connectivity index (χ0v) is 10.2. The molecule has 3 nitrogen and oxygen atoms in total. The van der Waals surface area contributed by atoms with Gasteiger partial charge >= 0.3 is 0 Å². The van der Waals surface area contributed by atoms with Crippen molar-refractivity contribution in [3.8, 4) is 0 Å². The number of rotatable bonds is 5. The van der Waals surface area contributed by atoms with Crippen molar-refractivity contribution in [3.05, 3.63) is 12.2 Å². The molecule has 80 valence electrons. The molecule has 4 heteroatoms. The van der Waals surface area contributed by atoms with Crippen molar-refractivity contribution in [2.45, 2.75) is 25.7 Å². The summed E-state index contributed by atoms with van der Waals surface area (Å²) < 4.78 is 5.46. The summed E-state index contributed by atoms with van der Waals surface area (Å²) >= 11 is 0. The van der Waals surface area contributed by atoms with Crippen molar-refractivity contribution in [2.75, 3.05) is 19.9 Å². The first-order chi connectivity index (χ1) is 6.49. The molecule has 0 spiro atoms. The van der Waals surface area contributed by atoms with Crippen LogP contribution in [-0.2, 0) is 9.53 Å². The van der Waals surface area contributed by atoms with E-state index in [1.54, 1.807) is 11.0 Å². The molecule has 0 aliphatic carbocycles. The Labute approximate surface area is 86.7 Å². The summed E-state index contributed by atoms with van der Waals surface area (Å²) in [5.74, 6) is 0.0676. The van der Waals surface area contributed by atoms with Crippen LogP contribution in [0.15, 0.2) is 12.2 Å². The van der Waals surface area contributed by atoms with Crippen molar-refractivity contribution in [2.24, 2.45) is 0 Å². The van der Waals surface area contributed by atoms with E-state index in [4.69, 9.17) is 4.74 Å². The van der Waals surface area contributed by atoms with Crippen LogP contribution in [0.3, 0.4) is 0 Å². The van der Waals surface area contributed by atoms with Gasteiger partial charge in [0.25, 0.3) is 0 Å². The Morgan fingerprint density at radius 2 is 2.21 bits per heavy atom. The van der Waals surface area contributed by atoms with Gasteiger partial charge in [0.1, 0.15) is 6.73 Å². The monoisotopic (exact) mass is 213 g/mol. The third-order valence-electron chi connectivity index (χ3n) is 2.14. The minimum atomic E-state index is -0.995. The van der Waals surface area contributed by atoms with E-state index in [1.165, 1.54) is 0 Å². The maximum absolute atomic E-state index is 11.1. The van der Waals surface area contributed by atoms with Crippen molar-refractivity contribution < 1.29 is 9.53 Å². The predicted molar refractivity (Wildman–Crippen MR) is 59.8 cm³/mol. The average molecular weight is 213 g/mol. The molecule has 1 aliphatic rings. The lowest BCUT2D eigenvalue weighted by Gasteiger charge is -2.18. The predicted octanol–water partition coefficient (Wildman–Crippen LogP) is 1.70. The molecule has 1 amide bonds. The Kier molecular flexibility index (Phi) is 3.89. The molecular formula is C10H19NO2Si. The molecule has 0 aromatic heterocycles. The number of ether oxygens (including phenoxy) is 1. The van der Waals surface area contributed by atoms with E-state index in [2.05, 4.69) is 19.6 Å². The van der Waals surface area contributed by atoms with Crippen molar-refractivity contribution >= 4 is 14.0 Å². The van der Waals surface area contributed by atoms with Crippen LogP contribution >= 0.6 is 0 Å². The fourth-order valence-electron chi connectivity index (χ4n) is 1.15. The molecule has 1 aliphatic heterocycles. The van der Waals surface area contributed by atoms with E-state index in [1.807, 2.05) is 6.08 Å². The van der Waals surface area contributed by atoms with Crippen molar-refractivity contribution in [1.29, 1.82) is 0 Å². The zero-order chi connectivity index (χ0) is 10.6. The number of hydrogen-bond donors (Lipinski definition) is 0. The summed E-state index contributed by atoms with van der Waals surface area (Å²) in [6, 6.07) is 1.16. The molecule has 0 aromatic rings. The molecular weight excluding hydrogens is 194 g/mol. The van der Waals surface area contributed by atoms with Crippen molar-refractivity contribution in [3.63, 3.8) is 0 Å². The molecule has 0 saturated heterocycles. The molecule has 0 unspecified atom stereocenters. The molecule has 0 radical (unpaired) electrons. The Balaban J connectivity index is 2.08. The first-order valence-electron chi connectivity index (χ1n) is 5.02. The number of carbonyl (C=O) groups excluding carboxylic acids is 1. The van der Waals surface area contributed by atoms with E-state index >= 15 is 0 Å². The lowest BCUT2D eigenvalue weighted by Crippen LogP contribution is -2.29. The van der Waals surface area contributed by atoms with Gasteiger partial charge < -0.3 is 9.64 Å². The van der Waals surface area contributed by atoms with Crippen LogP contribution in [0, 0.1) is 0 Å². The SMILES string of the molecule is C[Si](C)(C)CCOCN1CC=CC1=O. The number of amides is 1. The Hall–Kier alpha value is -0.613. The van der Waals surface area contributed by atoms with Crippen LogP contribution < -0.4 is 0 Å². The average Bonchev–Trinajstić information content (AvgIpc) is 2.44. The zero-order valence-electron chi connectivity index (χ0n) is 9.25. The van der Waals surface area contributed by atoms with Crippen molar-refractivity contribution in [1.82, 2.24) is 4.90 Å². The van der Waals surface area contributed by atoms with E-state index in [0.717, 1.165) is 12.7 Å². The molecule has 0 fully saturated rings.